The Morgan fingerprint density at radius 2 is 1.86 bits per heavy atom. The Kier molecular flexibility index (Phi) is 2.89. The Bertz CT molecular complexity index is 956. The molecule has 22 heavy (non-hydrogen) atoms. The summed E-state index contributed by atoms with van der Waals surface area (Å²) in [6, 6.07) is 13.8. The molecule has 0 atom stereocenters. The molecule has 0 aliphatic heterocycles. The van der Waals surface area contributed by atoms with Gasteiger partial charge in [-0.15, -0.1) is 0 Å². The van der Waals surface area contributed by atoms with E-state index in [0.717, 1.165) is 27.7 Å². The second kappa shape index (κ2) is 5.04. The fourth-order valence-electron chi connectivity index (χ4n) is 2.44. The highest BCUT2D eigenvalue weighted by molar-refractivity contribution is 5.92. The highest BCUT2D eigenvalue weighted by Gasteiger charge is 2.10. The maximum Gasteiger partial charge on any atom is 0.258 e. The van der Waals surface area contributed by atoms with Gasteiger partial charge in [-0.2, -0.15) is 4.98 Å². The summed E-state index contributed by atoms with van der Waals surface area (Å²) in [6.07, 6.45) is 3.53. The minimum absolute atomic E-state index is 0.495. The summed E-state index contributed by atoms with van der Waals surface area (Å²) in [5, 5.41) is 4.91. The molecular weight excluding hydrogens is 276 g/mol. The van der Waals surface area contributed by atoms with Crippen LogP contribution in [0.25, 0.3) is 33.6 Å². The molecule has 0 bridgehead atoms. The summed E-state index contributed by atoms with van der Waals surface area (Å²) >= 11 is 0. The molecule has 3 heterocycles. The van der Waals surface area contributed by atoms with Gasteiger partial charge >= 0.3 is 0 Å². The van der Waals surface area contributed by atoms with E-state index >= 15 is 0 Å². The van der Waals surface area contributed by atoms with Gasteiger partial charge in [0.05, 0.1) is 11.2 Å². The molecule has 4 aromatic rings. The van der Waals surface area contributed by atoms with Crippen molar-refractivity contribution < 1.29 is 4.52 Å². The zero-order valence-corrected chi connectivity index (χ0v) is 11.9. The molecule has 0 saturated heterocycles. The largest absolute Gasteiger partial charge is 0.334 e. The van der Waals surface area contributed by atoms with Crippen molar-refractivity contribution >= 4 is 10.9 Å². The topological polar surface area (TPSA) is 64.7 Å². The first-order valence-electron chi connectivity index (χ1n) is 6.92. The van der Waals surface area contributed by atoms with Crippen molar-refractivity contribution in [2.45, 2.75) is 6.92 Å². The third kappa shape index (κ3) is 2.13. The molecule has 0 spiro atoms. The lowest BCUT2D eigenvalue weighted by Crippen LogP contribution is -1.89. The van der Waals surface area contributed by atoms with Crippen LogP contribution >= 0.6 is 0 Å². The second-order valence-corrected chi connectivity index (χ2v) is 4.96. The highest BCUT2D eigenvalue weighted by Crippen LogP contribution is 2.28. The van der Waals surface area contributed by atoms with E-state index in [1.165, 1.54) is 0 Å². The number of nitrogens with zero attached hydrogens (tertiary/aromatic N) is 4. The van der Waals surface area contributed by atoms with Gasteiger partial charge in [-0.25, -0.2) is 0 Å². The molecule has 0 N–H and O–H groups in total. The second-order valence-electron chi connectivity index (χ2n) is 4.96. The van der Waals surface area contributed by atoms with E-state index < -0.39 is 0 Å². The lowest BCUT2D eigenvalue weighted by atomic mass is 10.0. The monoisotopic (exact) mass is 288 g/mol. The standard InChI is InChI=1S/C17H12N4O/c1-11-20-17(22-21-11)13-7-9-18-15(10-13)14-6-2-4-12-5-3-8-19-16(12)14/h2-10H,1H3. The molecule has 0 amide bonds. The van der Waals surface area contributed by atoms with Crippen LogP contribution in [0.5, 0.6) is 0 Å². The number of pyridine rings is 2. The van der Waals surface area contributed by atoms with Crippen LogP contribution in [0.4, 0.5) is 0 Å². The first-order chi connectivity index (χ1) is 10.8. The summed E-state index contributed by atoms with van der Waals surface area (Å²) < 4.78 is 5.22. The number of aryl methyl sites for hydroxylation is 1. The third-order valence-electron chi connectivity index (χ3n) is 3.44. The van der Waals surface area contributed by atoms with E-state index in [1.54, 1.807) is 19.3 Å². The van der Waals surface area contributed by atoms with Crippen molar-refractivity contribution in [3.63, 3.8) is 0 Å². The van der Waals surface area contributed by atoms with Gasteiger partial charge in [0, 0.05) is 28.9 Å². The molecule has 1 aromatic carbocycles. The molecule has 0 aliphatic rings. The van der Waals surface area contributed by atoms with Gasteiger partial charge in [-0.1, -0.05) is 29.4 Å². The number of fused-ring (bicyclic) bond motifs is 1. The maximum absolute atomic E-state index is 5.22. The smallest absolute Gasteiger partial charge is 0.258 e. The Balaban J connectivity index is 1.89. The minimum atomic E-state index is 0.495. The predicted molar refractivity (Wildman–Crippen MR) is 83.0 cm³/mol. The fraction of sp³-hybridized carbons (Fsp3) is 0.0588. The Hall–Kier alpha value is -3.08. The summed E-state index contributed by atoms with van der Waals surface area (Å²) in [5.74, 6) is 1.11. The van der Waals surface area contributed by atoms with E-state index in [0.29, 0.717) is 11.7 Å². The van der Waals surface area contributed by atoms with Crippen LogP contribution in [-0.4, -0.2) is 20.1 Å². The van der Waals surface area contributed by atoms with Gasteiger partial charge in [0.1, 0.15) is 0 Å². The van der Waals surface area contributed by atoms with Crippen LogP contribution in [0, 0.1) is 6.92 Å². The van der Waals surface area contributed by atoms with Gasteiger partial charge < -0.3 is 4.52 Å². The van der Waals surface area contributed by atoms with Crippen LogP contribution in [0.1, 0.15) is 5.82 Å². The zero-order chi connectivity index (χ0) is 14.9. The molecule has 0 aliphatic carbocycles. The molecule has 5 nitrogen and oxygen atoms in total. The zero-order valence-electron chi connectivity index (χ0n) is 11.9. The first-order valence-corrected chi connectivity index (χ1v) is 6.92. The third-order valence-corrected chi connectivity index (χ3v) is 3.44. The van der Waals surface area contributed by atoms with Crippen LogP contribution in [-0.2, 0) is 0 Å². The lowest BCUT2D eigenvalue weighted by Gasteiger charge is -2.05. The molecule has 0 fully saturated rings. The van der Waals surface area contributed by atoms with E-state index in [-0.39, 0.29) is 0 Å². The van der Waals surface area contributed by atoms with Crippen LogP contribution < -0.4 is 0 Å². The van der Waals surface area contributed by atoms with Gasteiger partial charge in [0.25, 0.3) is 5.89 Å². The lowest BCUT2D eigenvalue weighted by molar-refractivity contribution is 0.425. The summed E-state index contributed by atoms with van der Waals surface area (Å²) in [7, 11) is 0. The molecule has 3 aromatic heterocycles. The number of rotatable bonds is 2. The predicted octanol–water partition coefficient (Wildman–Crippen LogP) is 3.66. The minimum Gasteiger partial charge on any atom is -0.334 e. The quantitative estimate of drug-likeness (QED) is 0.563. The highest BCUT2D eigenvalue weighted by atomic mass is 16.5. The van der Waals surface area contributed by atoms with Gasteiger partial charge in [-0.3, -0.25) is 9.97 Å². The van der Waals surface area contributed by atoms with Gasteiger partial charge in [0.15, 0.2) is 5.82 Å². The maximum atomic E-state index is 5.22. The number of benzene rings is 1. The Morgan fingerprint density at radius 3 is 2.73 bits per heavy atom. The van der Waals surface area contributed by atoms with E-state index in [1.807, 2.05) is 42.5 Å². The van der Waals surface area contributed by atoms with E-state index in [2.05, 4.69) is 20.1 Å². The summed E-state index contributed by atoms with van der Waals surface area (Å²) in [5.41, 5.74) is 3.59. The fourth-order valence-corrected chi connectivity index (χ4v) is 2.44. The van der Waals surface area contributed by atoms with E-state index in [4.69, 9.17) is 4.52 Å². The molecular formula is C17H12N4O. The van der Waals surface area contributed by atoms with Crippen LogP contribution in [0.2, 0.25) is 0 Å². The first kappa shape index (κ1) is 12.6. The normalized spacial score (nSPS) is 11.0. The van der Waals surface area contributed by atoms with E-state index in [9.17, 15) is 0 Å². The number of hydrogen-bond donors (Lipinski definition) is 0. The number of aromatic nitrogens is 4. The molecule has 4 rings (SSSR count). The van der Waals surface area contributed by atoms with Crippen LogP contribution in [0.15, 0.2) is 59.4 Å². The van der Waals surface area contributed by atoms with Crippen molar-refractivity contribution in [1.82, 2.24) is 20.1 Å². The SMILES string of the molecule is Cc1noc(-c2ccnc(-c3cccc4cccnc34)c2)n1. The number of hydrogen-bond acceptors (Lipinski definition) is 5. The molecule has 0 radical (unpaired) electrons. The Labute approximate surface area is 126 Å². The average molecular weight is 288 g/mol. The molecule has 5 heteroatoms. The number of para-hydroxylation sites is 1. The average Bonchev–Trinajstić information content (AvgIpc) is 3.01. The molecule has 0 saturated carbocycles. The van der Waals surface area contributed by atoms with Crippen LogP contribution in [0.3, 0.4) is 0 Å². The van der Waals surface area contributed by atoms with Crippen molar-refractivity contribution in [3.8, 4) is 22.7 Å². The molecule has 106 valence electrons. The van der Waals surface area contributed by atoms with Crippen molar-refractivity contribution in [2.24, 2.45) is 0 Å². The van der Waals surface area contributed by atoms with Crippen molar-refractivity contribution in [3.05, 3.63) is 60.7 Å². The summed E-state index contributed by atoms with van der Waals surface area (Å²) in [4.78, 5) is 13.2. The molecule has 0 unspecified atom stereocenters. The summed E-state index contributed by atoms with van der Waals surface area (Å²) in [6.45, 7) is 1.80. The van der Waals surface area contributed by atoms with Crippen molar-refractivity contribution in [2.75, 3.05) is 0 Å². The van der Waals surface area contributed by atoms with Crippen molar-refractivity contribution in [1.29, 1.82) is 0 Å². The van der Waals surface area contributed by atoms with Gasteiger partial charge in [-0.05, 0) is 25.1 Å². The Morgan fingerprint density at radius 1 is 0.955 bits per heavy atom. The van der Waals surface area contributed by atoms with Gasteiger partial charge in [0.2, 0.25) is 0 Å².